The van der Waals surface area contributed by atoms with Crippen molar-refractivity contribution in [2.24, 2.45) is 10.9 Å². The summed E-state index contributed by atoms with van der Waals surface area (Å²) in [7, 11) is 0. The molecule has 0 amide bonds. The summed E-state index contributed by atoms with van der Waals surface area (Å²) in [6, 6.07) is 0. The van der Waals surface area contributed by atoms with Crippen molar-refractivity contribution in [3.63, 3.8) is 0 Å². The molecular formula is C15H31NO3. The predicted octanol–water partition coefficient (Wildman–Crippen LogP) is 3.65. The van der Waals surface area contributed by atoms with Crippen LogP contribution in [0.15, 0.2) is 4.99 Å². The molecule has 4 heteroatoms. The number of nitrogens with zero attached hydrogens (tertiary/aromatic N) is 1. The fraction of sp³-hybridized carbons (Fsp3) is 0.933. The quantitative estimate of drug-likeness (QED) is 0.426. The van der Waals surface area contributed by atoms with Crippen molar-refractivity contribution in [3.8, 4) is 0 Å². The van der Waals surface area contributed by atoms with E-state index in [1.54, 1.807) is 0 Å². The predicted molar refractivity (Wildman–Crippen MR) is 79.7 cm³/mol. The molecule has 0 aliphatic heterocycles. The molecule has 0 bridgehead atoms. The van der Waals surface area contributed by atoms with E-state index in [0.717, 1.165) is 6.42 Å². The Morgan fingerprint density at radius 1 is 1.00 bits per heavy atom. The lowest BCUT2D eigenvalue weighted by molar-refractivity contribution is -0.378. The maximum atomic E-state index is 5.66. The molecule has 19 heavy (non-hydrogen) atoms. The zero-order chi connectivity index (χ0) is 14.7. The van der Waals surface area contributed by atoms with Crippen LogP contribution < -0.4 is 0 Å². The number of hydrogen-bond acceptors (Lipinski definition) is 4. The van der Waals surface area contributed by atoms with Gasteiger partial charge in [-0.25, -0.2) is 0 Å². The van der Waals surface area contributed by atoms with E-state index in [4.69, 9.17) is 14.2 Å². The van der Waals surface area contributed by atoms with E-state index in [-0.39, 0.29) is 0 Å². The van der Waals surface area contributed by atoms with E-state index in [0.29, 0.717) is 38.7 Å². The van der Waals surface area contributed by atoms with Crippen molar-refractivity contribution in [1.82, 2.24) is 0 Å². The van der Waals surface area contributed by atoms with Crippen LogP contribution in [0.3, 0.4) is 0 Å². The van der Waals surface area contributed by atoms with E-state index in [2.05, 4.69) is 25.8 Å². The third-order valence-corrected chi connectivity index (χ3v) is 2.60. The first-order valence-electron chi connectivity index (χ1n) is 7.41. The molecule has 0 saturated carbocycles. The van der Waals surface area contributed by atoms with Crippen molar-refractivity contribution in [2.75, 3.05) is 26.4 Å². The number of hydrogen-bond donors (Lipinski definition) is 0. The lowest BCUT2D eigenvalue weighted by Crippen LogP contribution is -2.40. The Bertz CT molecular complexity index is 235. The summed E-state index contributed by atoms with van der Waals surface area (Å²) in [6.45, 7) is 14.7. The van der Waals surface area contributed by atoms with E-state index in [1.807, 2.05) is 20.8 Å². The molecule has 0 aliphatic rings. The van der Waals surface area contributed by atoms with Crippen LogP contribution >= 0.6 is 0 Å². The standard InChI is InChI=1S/C15H31NO3/c1-7-17-15(18-8-2,19-9-3)10-11-16-14(6)12-13(4)5/h13H,7-12H2,1-6H3. The molecule has 0 aliphatic carbocycles. The molecular weight excluding hydrogens is 242 g/mol. The van der Waals surface area contributed by atoms with E-state index >= 15 is 0 Å². The van der Waals surface area contributed by atoms with Gasteiger partial charge in [-0.2, -0.15) is 0 Å². The molecule has 114 valence electrons. The van der Waals surface area contributed by atoms with E-state index < -0.39 is 5.97 Å². The summed E-state index contributed by atoms with van der Waals surface area (Å²) in [4.78, 5) is 4.57. The first-order valence-corrected chi connectivity index (χ1v) is 7.41. The molecule has 0 aromatic heterocycles. The largest absolute Gasteiger partial charge is 0.328 e. The highest BCUT2D eigenvalue weighted by molar-refractivity contribution is 5.82. The Morgan fingerprint density at radius 3 is 1.84 bits per heavy atom. The lowest BCUT2D eigenvalue weighted by atomic mass is 10.1. The van der Waals surface area contributed by atoms with E-state index in [9.17, 15) is 0 Å². The Kier molecular flexibility index (Phi) is 10.1. The van der Waals surface area contributed by atoms with Gasteiger partial charge in [0.25, 0.3) is 5.97 Å². The minimum absolute atomic E-state index is 0.564. The normalized spacial score (nSPS) is 13.3. The van der Waals surface area contributed by atoms with Gasteiger partial charge in [0, 0.05) is 38.5 Å². The third-order valence-electron chi connectivity index (χ3n) is 2.60. The molecule has 0 fully saturated rings. The molecule has 0 heterocycles. The summed E-state index contributed by atoms with van der Waals surface area (Å²) >= 11 is 0. The van der Waals surface area contributed by atoms with Gasteiger partial charge in [0.05, 0.1) is 0 Å². The second-order valence-electron chi connectivity index (χ2n) is 4.95. The molecule has 0 aromatic rings. The van der Waals surface area contributed by atoms with Crippen LogP contribution in [-0.2, 0) is 14.2 Å². The third kappa shape index (κ3) is 8.35. The average molecular weight is 273 g/mol. The number of rotatable bonds is 11. The molecule has 0 spiro atoms. The fourth-order valence-electron chi connectivity index (χ4n) is 2.04. The van der Waals surface area contributed by atoms with Crippen molar-refractivity contribution in [1.29, 1.82) is 0 Å². The number of ether oxygens (including phenoxy) is 3. The van der Waals surface area contributed by atoms with Crippen molar-refractivity contribution >= 4 is 5.71 Å². The average Bonchev–Trinajstić information content (AvgIpc) is 2.28. The second kappa shape index (κ2) is 10.4. The molecule has 0 rings (SSSR count). The highest BCUT2D eigenvalue weighted by Crippen LogP contribution is 2.20. The first-order chi connectivity index (χ1) is 8.99. The Labute approximate surface area is 118 Å². The Hall–Kier alpha value is -0.450. The molecule has 4 nitrogen and oxygen atoms in total. The molecule has 0 N–H and O–H groups in total. The highest BCUT2D eigenvalue weighted by Gasteiger charge is 2.31. The van der Waals surface area contributed by atoms with Crippen LogP contribution in [0.4, 0.5) is 0 Å². The Morgan fingerprint density at radius 2 is 1.47 bits per heavy atom. The van der Waals surface area contributed by atoms with Gasteiger partial charge >= 0.3 is 0 Å². The number of aliphatic imine (C=N–C) groups is 1. The summed E-state index contributed by atoms with van der Waals surface area (Å²) in [5.74, 6) is -0.293. The zero-order valence-corrected chi connectivity index (χ0v) is 13.5. The summed E-state index contributed by atoms with van der Waals surface area (Å²) < 4.78 is 17.0. The molecule has 0 atom stereocenters. The summed E-state index contributed by atoms with van der Waals surface area (Å²) in [5, 5.41) is 0. The van der Waals surface area contributed by atoms with Crippen molar-refractivity contribution in [2.45, 2.75) is 60.4 Å². The maximum absolute atomic E-state index is 5.66. The SMILES string of the molecule is CCOC(CCN=C(C)CC(C)C)(OCC)OCC. The smallest absolute Gasteiger partial charge is 0.284 e. The van der Waals surface area contributed by atoms with Gasteiger partial charge < -0.3 is 14.2 Å². The van der Waals surface area contributed by atoms with Gasteiger partial charge in [-0.1, -0.05) is 13.8 Å². The van der Waals surface area contributed by atoms with Crippen LogP contribution in [0.2, 0.25) is 0 Å². The minimum atomic E-state index is -0.931. The van der Waals surface area contributed by atoms with Gasteiger partial charge in [-0.05, 0) is 40.0 Å². The zero-order valence-electron chi connectivity index (χ0n) is 13.5. The molecule has 0 saturated heterocycles. The lowest BCUT2D eigenvalue weighted by Gasteiger charge is -2.31. The van der Waals surface area contributed by atoms with Crippen LogP contribution in [0.5, 0.6) is 0 Å². The monoisotopic (exact) mass is 273 g/mol. The van der Waals surface area contributed by atoms with Gasteiger partial charge in [-0.15, -0.1) is 0 Å². The Balaban J connectivity index is 4.46. The second-order valence-corrected chi connectivity index (χ2v) is 4.95. The van der Waals surface area contributed by atoms with E-state index in [1.165, 1.54) is 5.71 Å². The molecule has 0 unspecified atom stereocenters. The first kappa shape index (κ1) is 18.6. The summed E-state index contributed by atoms with van der Waals surface area (Å²) in [5.41, 5.74) is 1.17. The minimum Gasteiger partial charge on any atom is -0.328 e. The summed E-state index contributed by atoms with van der Waals surface area (Å²) in [6.07, 6.45) is 1.66. The highest BCUT2D eigenvalue weighted by atomic mass is 16.9. The van der Waals surface area contributed by atoms with Crippen molar-refractivity contribution in [3.05, 3.63) is 0 Å². The molecule has 0 radical (unpaired) electrons. The van der Waals surface area contributed by atoms with Crippen LogP contribution in [-0.4, -0.2) is 38.1 Å². The fourth-order valence-corrected chi connectivity index (χ4v) is 2.04. The molecule has 0 aromatic carbocycles. The van der Waals surface area contributed by atoms with Crippen LogP contribution in [0.25, 0.3) is 0 Å². The van der Waals surface area contributed by atoms with Gasteiger partial charge in [0.15, 0.2) is 0 Å². The van der Waals surface area contributed by atoms with Crippen LogP contribution in [0, 0.1) is 5.92 Å². The van der Waals surface area contributed by atoms with Gasteiger partial charge in [0.2, 0.25) is 0 Å². The topological polar surface area (TPSA) is 40.0 Å². The van der Waals surface area contributed by atoms with Crippen LogP contribution in [0.1, 0.15) is 54.4 Å². The van der Waals surface area contributed by atoms with Crippen molar-refractivity contribution < 1.29 is 14.2 Å². The maximum Gasteiger partial charge on any atom is 0.284 e. The van der Waals surface area contributed by atoms with Gasteiger partial charge in [-0.3, -0.25) is 4.99 Å². The van der Waals surface area contributed by atoms with Gasteiger partial charge in [0.1, 0.15) is 0 Å².